The van der Waals surface area contributed by atoms with Crippen molar-refractivity contribution in [2.45, 2.75) is 0 Å². The van der Waals surface area contributed by atoms with Crippen LogP contribution in [-0.2, 0) is 0 Å². The number of aromatic amines is 1. The van der Waals surface area contributed by atoms with Gasteiger partial charge in [0.05, 0.1) is 12.1 Å². The molecule has 3 N–H and O–H groups in total. The SMILES string of the molecule is N#Cc1c(N)[nH]c(=S)c(C#N)c1C1=CCN=C1. The molecule has 1 aliphatic heterocycles. The second kappa shape index (κ2) is 4.20. The van der Waals surface area contributed by atoms with Gasteiger partial charge in [-0.1, -0.05) is 18.3 Å². The number of allylic oxidation sites excluding steroid dienone is 1. The average molecular weight is 241 g/mol. The van der Waals surface area contributed by atoms with Crippen LogP contribution >= 0.6 is 12.2 Å². The summed E-state index contributed by atoms with van der Waals surface area (Å²) < 4.78 is 0.236. The van der Waals surface area contributed by atoms with E-state index in [1.54, 1.807) is 6.21 Å². The van der Waals surface area contributed by atoms with Gasteiger partial charge in [-0.3, -0.25) is 4.99 Å². The predicted molar refractivity (Wildman–Crippen MR) is 66.8 cm³/mol. The van der Waals surface area contributed by atoms with Gasteiger partial charge in [-0.25, -0.2) is 0 Å². The third-order valence-corrected chi connectivity index (χ3v) is 2.71. The topological polar surface area (TPSA) is 102 Å². The Morgan fingerprint density at radius 1 is 1.35 bits per heavy atom. The van der Waals surface area contributed by atoms with Gasteiger partial charge in [0.2, 0.25) is 0 Å². The van der Waals surface area contributed by atoms with Crippen LogP contribution in [0, 0.1) is 27.3 Å². The van der Waals surface area contributed by atoms with Gasteiger partial charge in [0, 0.05) is 17.4 Å². The third kappa shape index (κ3) is 1.71. The second-order valence-electron chi connectivity index (χ2n) is 3.37. The minimum absolute atomic E-state index is 0.174. The Bertz CT molecular complexity index is 682. The molecule has 0 aromatic carbocycles. The fourth-order valence-corrected chi connectivity index (χ4v) is 1.91. The van der Waals surface area contributed by atoms with Crippen LogP contribution in [0.4, 0.5) is 5.82 Å². The second-order valence-corrected chi connectivity index (χ2v) is 3.78. The third-order valence-electron chi connectivity index (χ3n) is 2.40. The minimum Gasteiger partial charge on any atom is -0.384 e. The summed E-state index contributed by atoms with van der Waals surface area (Å²) in [5, 5.41) is 18.2. The molecule has 0 bridgehead atoms. The Labute approximate surface area is 103 Å². The van der Waals surface area contributed by atoms with Crippen molar-refractivity contribution in [3.8, 4) is 12.1 Å². The van der Waals surface area contributed by atoms with E-state index >= 15 is 0 Å². The Morgan fingerprint density at radius 3 is 2.59 bits per heavy atom. The van der Waals surface area contributed by atoms with Crippen LogP contribution in [0.15, 0.2) is 11.1 Å². The Morgan fingerprint density at radius 2 is 2.06 bits per heavy atom. The van der Waals surface area contributed by atoms with Crippen LogP contribution in [0.3, 0.4) is 0 Å². The number of nitrogens with two attached hydrogens (primary N) is 1. The molecule has 1 aliphatic rings. The number of aliphatic imine (C=N–C) groups is 1. The highest BCUT2D eigenvalue weighted by Crippen LogP contribution is 2.27. The average Bonchev–Trinajstić information content (AvgIpc) is 2.81. The molecule has 0 radical (unpaired) electrons. The van der Waals surface area contributed by atoms with Crippen molar-refractivity contribution in [2.24, 2.45) is 4.99 Å². The minimum atomic E-state index is 0.174. The fourth-order valence-electron chi connectivity index (χ4n) is 1.65. The van der Waals surface area contributed by atoms with E-state index in [-0.39, 0.29) is 21.6 Å². The van der Waals surface area contributed by atoms with Gasteiger partial charge in [0.15, 0.2) is 0 Å². The van der Waals surface area contributed by atoms with Crippen LogP contribution < -0.4 is 5.73 Å². The number of nitrogens with zero attached hydrogens (tertiary/aromatic N) is 3. The highest BCUT2D eigenvalue weighted by atomic mass is 32.1. The number of pyridine rings is 1. The maximum absolute atomic E-state index is 9.11. The smallest absolute Gasteiger partial charge is 0.123 e. The normalized spacial score (nSPS) is 12.9. The lowest BCUT2D eigenvalue weighted by molar-refractivity contribution is 1.25. The van der Waals surface area contributed by atoms with E-state index < -0.39 is 0 Å². The molecule has 0 spiro atoms. The monoisotopic (exact) mass is 241 g/mol. The zero-order valence-corrected chi connectivity index (χ0v) is 9.51. The number of hydrogen-bond acceptors (Lipinski definition) is 5. The summed E-state index contributed by atoms with van der Waals surface area (Å²) in [5.41, 5.74) is 7.37. The molecule has 6 heteroatoms. The van der Waals surface area contributed by atoms with Crippen molar-refractivity contribution in [3.05, 3.63) is 27.4 Å². The van der Waals surface area contributed by atoms with Crippen molar-refractivity contribution in [1.82, 2.24) is 4.98 Å². The quantitative estimate of drug-likeness (QED) is 0.728. The molecule has 1 aromatic heterocycles. The maximum Gasteiger partial charge on any atom is 0.123 e. The van der Waals surface area contributed by atoms with E-state index in [1.165, 1.54) is 0 Å². The summed E-state index contributed by atoms with van der Waals surface area (Å²) in [5.74, 6) is 0.174. The van der Waals surface area contributed by atoms with Crippen molar-refractivity contribution < 1.29 is 0 Å². The summed E-state index contributed by atoms with van der Waals surface area (Å²) in [6, 6.07) is 3.98. The van der Waals surface area contributed by atoms with Crippen LogP contribution in [-0.4, -0.2) is 17.7 Å². The van der Waals surface area contributed by atoms with Crippen LogP contribution in [0.5, 0.6) is 0 Å². The molecular formula is C11H7N5S. The lowest BCUT2D eigenvalue weighted by Crippen LogP contribution is -2.04. The highest BCUT2D eigenvalue weighted by molar-refractivity contribution is 7.71. The molecule has 5 nitrogen and oxygen atoms in total. The van der Waals surface area contributed by atoms with Gasteiger partial charge >= 0.3 is 0 Å². The molecule has 82 valence electrons. The number of rotatable bonds is 1. The number of nitrogen functional groups attached to an aromatic ring is 1. The molecule has 0 aliphatic carbocycles. The summed E-state index contributed by atoms with van der Waals surface area (Å²) >= 11 is 5.03. The first-order valence-corrected chi connectivity index (χ1v) is 5.16. The number of aromatic nitrogens is 1. The fraction of sp³-hybridized carbons (Fsp3) is 0.0909. The number of hydrogen-bond donors (Lipinski definition) is 2. The molecule has 2 rings (SSSR count). The molecule has 17 heavy (non-hydrogen) atoms. The first kappa shape index (κ1) is 11.1. The zero-order chi connectivity index (χ0) is 12.4. The maximum atomic E-state index is 9.11. The number of H-pyrrole nitrogens is 1. The van der Waals surface area contributed by atoms with Crippen molar-refractivity contribution in [1.29, 1.82) is 10.5 Å². The van der Waals surface area contributed by atoms with Gasteiger partial charge in [-0.2, -0.15) is 10.5 Å². The molecule has 0 saturated carbocycles. The summed E-state index contributed by atoms with van der Waals surface area (Å²) in [4.78, 5) is 6.68. The highest BCUT2D eigenvalue weighted by Gasteiger charge is 2.18. The molecular weight excluding hydrogens is 234 g/mol. The van der Waals surface area contributed by atoms with Crippen LogP contribution in [0.25, 0.3) is 5.57 Å². The van der Waals surface area contributed by atoms with Gasteiger partial charge in [-0.15, -0.1) is 0 Å². The molecule has 0 amide bonds. The van der Waals surface area contributed by atoms with E-state index in [4.69, 9.17) is 28.5 Å². The summed E-state index contributed by atoms with van der Waals surface area (Å²) in [7, 11) is 0. The largest absolute Gasteiger partial charge is 0.384 e. The van der Waals surface area contributed by atoms with Crippen molar-refractivity contribution in [2.75, 3.05) is 12.3 Å². The number of nitriles is 2. The Hall–Kier alpha value is -2.44. The summed E-state index contributed by atoms with van der Waals surface area (Å²) in [6.07, 6.45) is 3.44. The van der Waals surface area contributed by atoms with E-state index in [0.29, 0.717) is 17.7 Å². The Balaban J connectivity index is 2.89. The van der Waals surface area contributed by atoms with Gasteiger partial charge in [0.1, 0.15) is 28.2 Å². The van der Waals surface area contributed by atoms with E-state index in [9.17, 15) is 0 Å². The molecule has 1 aromatic rings. The predicted octanol–water partition coefficient (Wildman–Crippen LogP) is 1.54. The van der Waals surface area contributed by atoms with E-state index in [0.717, 1.165) is 0 Å². The zero-order valence-electron chi connectivity index (χ0n) is 8.69. The molecule has 0 unspecified atom stereocenters. The van der Waals surface area contributed by atoms with Gasteiger partial charge < -0.3 is 10.7 Å². The first-order valence-electron chi connectivity index (χ1n) is 4.75. The van der Waals surface area contributed by atoms with Crippen LogP contribution in [0.1, 0.15) is 16.7 Å². The summed E-state index contributed by atoms with van der Waals surface area (Å²) in [6.45, 7) is 0.538. The molecule has 2 heterocycles. The molecule has 0 saturated heterocycles. The van der Waals surface area contributed by atoms with Crippen molar-refractivity contribution >= 4 is 29.8 Å². The van der Waals surface area contributed by atoms with E-state index in [2.05, 4.69) is 9.98 Å². The lowest BCUT2D eigenvalue weighted by atomic mass is 9.98. The molecule has 0 fully saturated rings. The molecule has 0 atom stereocenters. The standard InChI is InChI=1S/C11H7N5S/c12-3-7-9(6-1-2-15-5-6)8(4-13)11(17)16-10(7)14/h1,5H,2H2,(H3,14,16,17). The van der Waals surface area contributed by atoms with Gasteiger partial charge in [0.25, 0.3) is 0 Å². The number of nitrogens with one attached hydrogen (secondary N) is 1. The van der Waals surface area contributed by atoms with Gasteiger partial charge in [-0.05, 0) is 0 Å². The lowest BCUT2D eigenvalue weighted by Gasteiger charge is -2.08. The van der Waals surface area contributed by atoms with E-state index in [1.807, 2.05) is 18.2 Å². The Kier molecular flexibility index (Phi) is 2.73. The van der Waals surface area contributed by atoms with Crippen molar-refractivity contribution in [3.63, 3.8) is 0 Å². The van der Waals surface area contributed by atoms with Crippen LogP contribution in [0.2, 0.25) is 0 Å². The first-order chi connectivity index (χ1) is 8.19. The number of anilines is 1.